The molecule has 2 heterocycles. The van der Waals surface area contributed by atoms with Crippen LogP contribution in [-0.2, 0) is 0 Å². The van der Waals surface area contributed by atoms with E-state index in [1.165, 1.54) is 19.0 Å². The zero-order valence-electron chi connectivity index (χ0n) is 9.27. The molecular formula is C10H16N4OS. The summed E-state index contributed by atoms with van der Waals surface area (Å²) in [6.45, 7) is 4.14. The molecule has 88 valence electrons. The highest BCUT2D eigenvalue weighted by atomic mass is 32.1. The number of hydrogen-bond acceptors (Lipinski definition) is 5. The quantitative estimate of drug-likeness (QED) is 0.814. The normalized spacial score (nSPS) is 22.7. The van der Waals surface area contributed by atoms with E-state index < -0.39 is 0 Å². The SMILES string of the molecule is CC(NC(=O)c1cnns1)C1CCCNC1. The van der Waals surface area contributed by atoms with Crippen LogP contribution in [-0.4, -0.2) is 34.6 Å². The van der Waals surface area contributed by atoms with Gasteiger partial charge in [0.05, 0.1) is 6.20 Å². The Labute approximate surface area is 98.8 Å². The minimum atomic E-state index is -0.0620. The average molecular weight is 240 g/mol. The molecule has 1 amide bonds. The van der Waals surface area contributed by atoms with Gasteiger partial charge in [-0.05, 0) is 50.3 Å². The molecule has 1 saturated heterocycles. The van der Waals surface area contributed by atoms with Crippen molar-refractivity contribution in [3.63, 3.8) is 0 Å². The molecule has 2 N–H and O–H groups in total. The van der Waals surface area contributed by atoms with Crippen molar-refractivity contribution in [2.75, 3.05) is 13.1 Å². The Bertz CT molecular complexity index is 335. The van der Waals surface area contributed by atoms with Crippen LogP contribution >= 0.6 is 11.5 Å². The largest absolute Gasteiger partial charge is 0.348 e. The summed E-state index contributed by atoms with van der Waals surface area (Å²) in [6.07, 6.45) is 3.87. The van der Waals surface area contributed by atoms with Gasteiger partial charge in [-0.25, -0.2) is 0 Å². The van der Waals surface area contributed by atoms with Crippen LogP contribution < -0.4 is 10.6 Å². The van der Waals surface area contributed by atoms with Crippen LogP contribution in [0.3, 0.4) is 0 Å². The standard InChI is InChI=1S/C10H16N4OS/c1-7(8-3-2-4-11-5-8)13-10(15)9-6-12-14-16-9/h6-8,11H,2-5H2,1H3,(H,13,15). The lowest BCUT2D eigenvalue weighted by Gasteiger charge is -2.28. The van der Waals surface area contributed by atoms with Crippen LogP contribution in [0.4, 0.5) is 0 Å². The van der Waals surface area contributed by atoms with Gasteiger partial charge in [0.15, 0.2) is 0 Å². The van der Waals surface area contributed by atoms with Crippen molar-refractivity contribution in [2.45, 2.75) is 25.8 Å². The van der Waals surface area contributed by atoms with Crippen molar-refractivity contribution in [3.8, 4) is 0 Å². The van der Waals surface area contributed by atoms with Gasteiger partial charge in [0.25, 0.3) is 5.91 Å². The van der Waals surface area contributed by atoms with Gasteiger partial charge in [-0.1, -0.05) is 4.49 Å². The molecule has 2 rings (SSSR count). The maximum Gasteiger partial charge on any atom is 0.264 e. The number of carbonyl (C=O) groups is 1. The fourth-order valence-corrected chi connectivity index (χ4v) is 2.39. The van der Waals surface area contributed by atoms with Crippen molar-refractivity contribution in [2.24, 2.45) is 5.92 Å². The van der Waals surface area contributed by atoms with E-state index in [0.717, 1.165) is 24.6 Å². The smallest absolute Gasteiger partial charge is 0.264 e. The van der Waals surface area contributed by atoms with E-state index in [2.05, 4.69) is 27.1 Å². The third-order valence-corrected chi connectivity index (χ3v) is 3.65. The minimum Gasteiger partial charge on any atom is -0.348 e. The molecule has 1 aromatic heterocycles. The van der Waals surface area contributed by atoms with Gasteiger partial charge in [0.2, 0.25) is 0 Å². The third-order valence-electron chi connectivity index (χ3n) is 2.99. The summed E-state index contributed by atoms with van der Waals surface area (Å²) in [4.78, 5) is 12.3. The molecule has 0 aromatic carbocycles. The second-order valence-electron chi connectivity index (χ2n) is 4.15. The van der Waals surface area contributed by atoms with Crippen molar-refractivity contribution in [1.29, 1.82) is 0 Å². The van der Waals surface area contributed by atoms with E-state index in [1.54, 1.807) is 0 Å². The van der Waals surface area contributed by atoms with E-state index in [4.69, 9.17) is 0 Å². The first kappa shape index (κ1) is 11.5. The van der Waals surface area contributed by atoms with Gasteiger partial charge < -0.3 is 10.6 Å². The first-order valence-electron chi connectivity index (χ1n) is 5.56. The van der Waals surface area contributed by atoms with E-state index in [-0.39, 0.29) is 11.9 Å². The fourth-order valence-electron chi connectivity index (χ4n) is 1.97. The number of hydrogen-bond donors (Lipinski definition) is 2. The summed E-state index contributed by atoms with van der Waals surface area (Å²) in [5.41, 5.74) is 0. The van der Waals surface area contributed by atoms with Crippen LogP contribution in [0.25, 0.3) is 0 Å². The second-order valence-corrected chi connectivity index (χ2v) is 4.94. The number of carbonyl (C=O) groups excluding carboxylic acids is 1. The molecule has 0 radical (unpaired) electrons. The van der Waals surface area contributed by atoms with Gasteiger partial charge in [0, 0.05) is 6.04 Å². The van der Waals surface area contributed by atoms with Gasteiger partial charge in [-0.3, -0.25) is 4.79 Å². The summed E-state index contributed by atoms with van der Waals surface area (Å²) >= 11 is 1.13. The predicted octanol–water partition coefficient (Wildman–Crippen LogP) is 0.656. The maximum absolute atomic E-state index is 11.8. The Hall–Kier alpha value is -1.01. The maximum atomic E-state index is 11.8. The molecule has 6 heteroatoms. The third kappa shape index (κ3) is 2.76. The summed E-state index contributed by atoms with van der Waals surface area (Å²) in [5.74, 6) is 0.464. The first-order chi connectivity index (χ1) is 7.77. The Morgan fingerprint density at radius 2 is 2.62 bits per heavy atom. The zero-order valence-corrected chi connectivity index (χ0v) is 10.1. The Morgan fingerprint density at radius 1 is 1.75 bits per heavy atom. The Morgan fingerprint density at radius 3 is 3.25 bits per heavy atom. The lowest BCUT2D eigenvalue weighted by molar-refractivity contribution is 0.0926. The molecule has 5 nitrogen and oxygen atoms in total. The van der Waals surface area contributed by atoms with E-state index in [1.807, 2.05) is 0 Å². The molecule has 1 aliphatic heterocycles. The van der Waals surface area contributed by atoms with Crippen LogP contribution in [0.1, 0.15) is 29.4 Å². The van der Waals surface area contributed by atoms with E-state index in [9.17, 15) is 4.79 Å². The lowest BCUT2D eigenvalue weighted by Crippen LogP contribution is -2.44. The molecule has 1 aromatic rings. The molecule has 2 atom stereocenters. The second kappa shape index (κ2) is 5.36. The Balaban J connectivity index is 1.86. The monoisotopic (exact) mass is 240 g/mol. The highest BCUT2D eigenvalue weighted by Crippen LogP contribution is 2.14. The lowest BCUT2D eigenvalue weighted by atomic mass is 9.93. The van der Waals surface area contributed by atoms with Crippen molar-refractivity contribution in [1.82, 2.24) is 20.2 Å². The number of rotatable bonds is 3. The Kier molecular flexibility index (Phi) is 3.84. The minimum absolute atomic E-state index is 0.0620. The van der Waals surface area contributed by atoms with Crippen LogP contribution in [0.5, 0.6) is 0 Å². The molecule has 1 aliphatic rings. The van der Waals surface area contributed by atoms with Crippen molar-refractivity contribution in [3.05, 3.63) is 11.1 Å². The van der Waals surface area contributed by atoms with Crippen LogP contribution in [0, 0.1) is 5.92 Å². The summed E-state index contributed by atoms with van der Waals surface area (Å²) in [7, 11) is 0. The number of nitrogens with zero attached hydrogens (tertiary/aromatic N) is 2. The van der Waals surface area contributed by atoms with Crippen molar-refractivity contribution < 1.29 is 4.79 Å². The number of amides is 1. The molecule has 1 fully saturated rings. The molecular weight excluding hydrogens is 224 g/mol. The molecule has 0 spiro atoms. The topological polar surface area (TPSA) is 66.9 Å². The fraction of sp³-hybridized carbons (Fsp3) is 0.700. The van der Waals surface area contributed by atoms with Crippen LogP contribution in [0.15, 0.2) is 6.20 Å². The first-order valence-corrected chi connectivity index (χ1v) is 6.33. The van der Waals surface area contributed by atoms with Gasteiger partial charge in [-0.15, -0.1) is 5.10 Å². The van der Waals surface area contributed by atoms with Crippen molar-refractivity contribution >= 4 is 17.4 Å². The van der Waals surface area contributed by atoms with E-state index >= 15 is 0 Å². The summed E-state index contributed by atoms with van der Waals surface area (Å²) in [6, 6.07) is 0.197. The van der Waals surface area contributed by atoms with Gasteiger partial charge in [-0.2, -0.15) is 0 Å². The number of aromatic nitrogens is 2. The molecule has 16 heavy (non-hydrogen) atoms. The molecule has 2 unspecified atom stereocenters. The highest BCUT2D eigenvalue weighted by Gasteiger charge is 2.22. The van der Waals surface area contributed by atoms with Crippen LogP contribution in [0.2, 0.25) is 0 Å². The van der Waals surface area contributed by atoms with Gasteiger partial charge >= 0.3 is 0 Å². The summed E-state index contributed by atoms with van der Waals surface area (Å²) < 4.78 is 3.68. The molecule has 0 aliphatic carbocycles. The highest BCUT2D eigenvalue weighted by molar-refractivity contribution is 7.07. The zero-order chi connectivity index (χ0) is 11.4. The predicted molar refractivity (Wildman–Crippen MR) is 62.4 cm³/mol. The molecule has 0 saturated carbocycles. The average Bonchev–Trinajstić information content (AvgIpc) is 2.83. The number of nitrogens with one attached hydrogen (secondary N) is 2. The van der Waals surface area contributed by atoms with E-state index in [0.29, 0.717) is 10.8 Å². The summed E-state index contributed by atoms with van der Waals surface area (Å²) in [5, 5.41) is 10.0. The van der Waals surface area contributed by atoms with Gasteiger partial charge in [0.1, 0.15) is 4.88 Å². The molecule has 0 bridgehead atoms. The number of piperidine rings is 1.